The number of fused-ring (bicyclic) bond motifs is 1. The van der Waals surface area contributed by atoms with Crippen molar-refractivity contribution in [3.05, 3.63) is 82.2 Å². The summed E-state index contributed by atoms with van der Waals surface area (Å²) in [4.78, 5) is 31.9. The van der Waals surface area contributed by atoms with E-state index >= 15 is 0 Å². The molecule has 0 aliphatic heterocycles. The summed E-state index contributed by atoms with van der Waals surface area (Å²) in [5.74, 6) is 0.714. The first-order valence-corrected chi connectivity index (χ1v) is 15.1. The summed E-state index contributed by atoms with van der Waals surface area (Å²) in [6, 6.07) is 22.5. The molecular formula is C33H36ClN3O3S. The van der Waals surface area contributed by atoms with E-state index < -0.39 is 0 Å². The molecule has 1 fully saturated rings. The molecule has 0 N–H and O–H groups in total. The monoisotopic (exact) mass is 589 g/mol. The molecule has 41 heavy (non-hydrogen) atoms. The Hall–Kier alpha value is -3.39. The minimum Gasteiger partial charge on any atom is -0.496 e. The van der Waals surface area contributed by atoms with Gasteiger partial charge in [0.25, 0.3) is 5.91 Å². The van der Waals surface area contributed by atoms with Crippen molar-refractivity contribution in [2.45, 2.75) is 44.3 Å². The number of thiophene rings is 1. The van der Waals surface area contributed by atoms with Gasteiger partial charge in [-0.2, -0.15) is 0 Å². The molecule has 0 unspecified atom stereocenters. The van der Waals surface area contributed by atoms with Crippen LogP contribution >= 0.6 is 22.9 Å². The molecule has 1 aliphatic carbocycles. The van der Waals surface area contributed by atoms with E-state index in [0.29, 0.717) is 22.5 Å². The van der Waals surface area contributed by atoms with Crippen LogP contribution in [-0.4, -0.2) is 62.5 Å². The van der Waals surface area contributed by atoms with Gasteiger partial charge in [0, 0.05) is 47.0 Å². The SMILES string of the molecule is COc1ccc(-c2ccc(N(C)C=O)cc2)cc1CN(C(=O)c1sc2ccccc2c1Cl)C1CCC(N(C)C)CC1. The Labute approximate surface area is 251 Å². The third-order valence-electron chi connectivity index (χ3n) is 8.21. The van der Waals surface area contributed by atoms with Crippen LogP contribution in [0.1, 0.15) is 40.9 Å². The van der Waals surface area contributed by atoms with E-state index in [0.717, 1.165) is 70.3 Å². The lowest BCUT2D eigenvalue weighted by Crippen LogP contribution is -2.44. The van der Waals surface area contributed by atoms with Crippen LogP contribution in [0, 0.1) is 0 Å². The van der Waals surface area contributed by atoms with Crippen molar-refractivity contribution in [1.29, 1.82) is 0 Å². The molecule has 6 nitrogen and oxygen atoms in total. The minimum absolute atomic E-state index is 0.0294. The van der Waals surface area contributed by atoms with Crippen molar-refractivity contribution < 1.29 is 14.3 Å². The van der Waals surface area contributed by atoms with Gasteiger partial charge < -0.3 is 19.4 Å². The third-order valence-corrected chi connectivity index (χ3v) is 9.88. The second kappa shape index (κ2) is 12.6. The maximum Gasteiger partial charge on any atom is 0.266 e. The van der Waals surface area contributed by atoms with Crippen molar-refractivity contribution >= 4 is 51.0 Å². The van der Waals surface area contributed by atoms with Gasteiger partial charge in [-0.1, -0.05) is 48.0 Å². The quantitative estimate of drug-likeness (QED) is 0.192. The molecule has 5 rings (SSSR count). The number of benzene rings is 3. The van der Waals surface area contributed by atoms with E-state index in [1.165, 1.54) is 16.2 Å². The van der Waals surface area contributed by atoms with E-state index in [4.69, 9.17) is 16.3 Å². The number of nitrogens with zero attached hydrogens (tertiary/aromatic N) is 3. The van der Waals surface area contributed by atoms with Gasteiger partial charge >= 0.3 is 0 Å². The molecule has 0 bridgehead atoms. The summed E-state index contributed by atoms with van der Waals surface area (Å²) in [6.07, 6.45) is 4.75. The highest BCUT2D eigenvalue weighted by molar-refractivity contribution is 7.21. The molecule has 214 valence electrons. The largest absolute Gasteiger partial charge is 0.496 e. The number of rotatable bonds is 9. The van der Waals surface area contributed by atoms with E-state index in [1.54, 1.807) is 14.2 Å². The Kier molecular flexibility index (Phi) is 8.97. The van der Waals surface area contributed by atoms with Gasteiger partial charge in [0.15, 0.2) is 0 Å². The second-order valence-electron chi connectivity index (χ2n) is 10.9. The van der Waals surface area contributed by atoms with Crippen molar-refractivity contribution in [3.63, 3.8) is 0 Å². The van der Waals surface area contributed by atoms with Crippen molar-refractivity contribution in [3.8, 4) is 16.9 Å². The van der Waals surface area contributed by atoms with Crippen LogP contribution in [0.5, 0.6) is 5.75 Å². The van der Waals surface area contributed by atoms with E-state index in [2.05, 4.69) is 25.1 Å². The Bertz CT molecular complexity index is 1530. The van der Waals surface area contributed by atoms with Gasteiger partial charge in [0.05, 0.1) is 12.1 Å². The number of ether oxygens (including phenoxy) is 1. The average Bonchev–Trinajstić information content (AvgIpc) is 3.35. The highest BCUT2D eigenvalue weighted by Gasteiger charge is 2.33. The van der Waals surface area contributed by atoms with Gasteiger partial charge in [0.1, 0.15) is 10.6 Å². The highest BCUT2D eigenvalue weighted by Crippen LogP contribution is 2.38. The van der Waals surface area contributed by atoms with Gasteiger partial charge in [-0.15, -0.1) is 11.3 Å². The Morgan fingerprint density at radius 3 is 2.24 bits per heavy atom. The number of carbonyl (C=O) groups is 2. The summed E-state index contributed by atoms with van der Waals surface area (Å²) < 4.78 is 6.80. The van der Waals surface area contributed by atoms with Crippen LogP contribution in [0.4, 0.5) is 5.69 Å². The molecule has 1 aliphatic rings. The van der Waals surface area contributed by atoms with Gasteiger partial charge in [-0.25, -0.2) is 0 Å². The highest BCUT2D eigenvalue weighted by atomic mass is 35.5. The van der Waals surface area contributed by atoms with Crippen LogP contribution in [0.15, 0.2) is 66.7 Å². The van der Waals surface area contributed by atoms with Gasteiger partial charge in [-0.3, -0.25) is 9.59 Å². The molecule has 0 radical (unpaired) electrons. The fraction of sp³-hybridized carbons (Fsp3) is 0.333. The predicted octanol–water partition coefficient (Wildman–Crippen LogP) is 7.34. The molecule has 0 spiro atoms. The van der Waals surface area contributed by atoms with Crippen molar-refractivity contribution in [2.75, 3.05) is 33.2 Å². The molecular weight excluding hydrogens is 554 g/mol. The first-order valence-electron chi connectivity index (χ1n) is 13.9. The third kappa shape index (κ3) is 6.13. The van der Waals surface area contributed by atoms with Crippen molar-refractivity contribution in [1.82, 2.24) is 9.80 Å². The minimum atomic E-state index is -0.0294. The number of methoxy groups -OCH3 is 1. The zero-order valence-corrected chi connectivity index (χ0v) is 25.5. The molecule has 4 aromatic rings. The van der Waals surface area contributed by atoms with Crippen LogP contribution in [0.2, 0.25) is 5.02 Å². The predicted molar refractivity (Wildman–Crippen MR) is 169 cm³/mol. The van der Waals surface area contributed by atoms with E-state index in [1.807, 2.05) is 65.6 Å². The number of anilines is 1. The molecule has 0 atom stereocenters. The summed E-state index contributed by atoms with van der Waals surface area (Å²) in [5, 5.41) is 1.45. The maximum atomic E-state index is 14.3. The average molecular weight is 590 g/mol. The summed E-state index contributed by atoms with van der Waals surface area (Å²) in [7, 11) is 7.66. The maximum absolute atomic E-state index is 14.3. The summed E-state index contributed by atoms with van der Waals surface area (Å²) in [6.45, 7) is 0.420. The Balaban J connectivity index is 1.50. The van der Waals surface area contributed by atoms with Crippen molar-refractivity contribution in [2.24, 2.45) is 0 Å². The molecule has 1 saturated carbocycles. The lowest BCUT2D eigenvalue weighted by Gasteiger charge is -2.39. The van der Waals surface area contributed by atoms with E-state index in [-0.39, 0.29) is 11.9 Å². The molecule has 2 amide bonds. The van der Waals surface area contributed by atoms with E-state index in [9.17, 15) is 9.59 Å². The Morgan fingerprint density at radius 1 is 0.951 bits per heavy atom. The fourth-order valence-electron chi connectivity index (χ4n) is 5.75. The second-order valence-corrected chi connectivity index (χ2v) is 12.3. The van der Waals surface area contributed by atoms with Gasteiger partial charge in [-0.05, 0) is 81.2 Å². The molecule has 1 heterocycles. The Morgan fingerprint density at radius 2 is 1.61 bits per heavy atom. The zero-order chi connectivity index (χ0) is 29.1. The lowest BCUT2D eigenvalue weighted by molar-refractivity contribution is -0.107. The van der Waals surface area contributed by atoms with Crippen LogP contribution in [-0.2, 0) is 11.3 Å². The number of hydrogen-bond acceptors (Lipinski definition) is 5. The molecule has 3 aromatic carbocycles. The number of carbonyl (C=O) groups excluding carboxylic acids is 2. The summed E-state index contributed by atoms with van der Waals surface area (Å²) in [5.41, 5.74) is 3.81. The fourth-order valence-corrected chi connectivity index (χ4v) is 7.22. The standard InChI is InChI=1S/C33H36ClN3O3S/c1-35(2)25-14-16-27(17-15-25)37(33(39)32-31(34)28-7-5-6-8-30(28)41-32)20-24-19-23(11-18-29(24)40-4)22-9-12-26(13-10-22)36(3)21-38/h5-13,18-19,21,25,27H,14-17,20H2,1-4H3. The van der Waals surface area contributed by atoms with Crippen LogP contribution < -0.4 is 9.64 Å². The number of halogens is 1. The molecule has 0 saturated heterocycles. The molecule has 1 aromatic heterocycles. The lowest BCUT2D eigenvalue weighted by atomic mass is 9.89. The first-order chi connectivity index (χ1) is 19.8. The topological polar surface area (TPSA) is 53.1 Å². The first kappa shape index (κ1) is 29.1. The zero-order valence-electron chi connectivity index (χ0n) is 24.0. The van der Waals surface area contributed by atoms with Crippen LogP contribution in [0.3, 0.4) is 0 Å². The van der Waals surface area contributed by atoms with Gasteiger partial charge in [0.2, 0.25) is 6.41 Å². The summed E-state index contributed by atoms with van der Waals surface area (Å²) >= 11 is 8.28. The number of hydrogen-bond donors (Lipinski definition) is 0. The number of amides is 2. The molecule has 8 heteroatoms. The van der Waals surface area contributed by atoms with Crippen LogP contribution in [0.25, 0.3) is 21.2 Å². The normalized spacial score (nSPS) is 17.0. The smallest absolute Gasteiger partial charge is 0.266 e.